The Morgan fingerprint density at radius 2 is 1.80 bits per heavy atom. The second-order valence-electron chi connectivity index (χ2n) is 5.10. The van der Waals surface area contributed by atoms with Crippen LogP contribution in [0.5, 0.6) is 0 Å². The number of carboxylic acids is 1. The van der Waals surface area contributed by atoms with Gasteiger partial charge >= 0.3 is 5.97 Å². The number of aliphatic carboxylic acids is 1. The molecule has 0 fully saturated rings. The molecule has 0 bridgehead atoms. The molecule has 0 aliphatic heterocycles. The maximum atomic E-state index is 10.8. The lowest BCUT2D eigenvalue weighted by atomic mass is 9.84. The molecular weight excluding hydrogens is 194 g/mol. The molecule has 0 aromatic heterocycles. The van der Waals surface area contributed by atoms with Gasteiger partial charge in [-0.15, -0.1) is 0 Å². The van der Waals surface area contributed by atoms with E-state index in [1.807, 2.05) is 39.8 Å². The Bertz CT molecular complexity index is 226. The summed E-state index contributed by atoms with van der Waals surface area (Å²) in [7, 11) is 5.44. The van der Waals surface area contributed by atoms with Crippen LogP contribution in [0.25, 0.3) is 0 Å². The van der Waals surface area contributed by atoms with E-state index in [4.69, 9.17) is 9.84 Å². The van der Waals surface area contributed by atoms with Gasteiger partial charge in [-0.2, -0.15) is 0 Å². The zero-order chi connectivity index (χ0) is 12.3. The van der Waals surface area contributed by atoms with Gasteiger partial charge in [-0.3, -0.25) is 4.79 Å². The molecule has 0 spiro atoms. The van der Waals surface area contributed by atoms with Gasteiger partial charge in [0.2, 0.25) is 0 Å². The maximum Gasteiger partial charge on any atom is 0.305 e. The predicted molar refractivity (Wildman–Crippen MR) is 60.0 cm³/mol. The molecule has 0 saturated carbocycles. The number of hydrogen-bond donors (Lipinski definition) is 1. The van der Waals surface area contributed by atoms with Crippen molar-refractivity contribution >= 4 is 5.97 Å². The monoisotopic (exact) mass is 217 g/mol. The molecule has 0 amide bonds. The van der Waals surface area contributed by atoms with E-state index in [0.717, 1.165) is 0 Å². The lowest BCUT2D eigenvalue weighted by Gasteiger charge is -2.40. The standard InChI is InChI=1S/C11H23NO3/c1-10(2,15-6)8-11(3,12(4)5)7-9(13)14/h7-8H2,1-6H3,(H,13,14). The minimum atomic E-state index is -0.780. The maximum absolute atomic E-state index is 10.8. The summed E-state index contributed by atoms with van der Waals surface area (Å²) in [6, 6.07) is 0. The molecule has 90 valence electrons. The summed E-state index contributed by atoms with van der Waals surface area (Å²) in [6.07, 6.45) is 0.794. The van der Waals surface area contributed by atoms with E-state index in [1.165, 1.54) is 0 Å². The molecule has 1 unspecified atom stereocenters. The first-order valence-electron chi connectivity index (χ1n) is 5.07. The van der Waals surface area contributed by atoms with Crippen molar-refractivity contribution in [3.63, 3.8) is 0 Å². The van der Waals surface area contributed by atoms with E-state index in [0.29, 0.717) is 6.42 Å². The van der Waals surface area contributed by atoms with Crippen molar-refractivity contribution in [1.82, 2.24) is 4.90 Å². The second-order valence-corrected chi connectivity index (χ2v) is 5.10. The molecule has 0 aromatic rings. The predicted octanol–water partition coefficient (Wildman–Crippen LogP) is 1.60. The molecule has 1 atom stereocenters. The molecule has 0 radical (unpaired) electrons. The zero-order valence-electron chi connectivity index (χ0n) is 10.6. The molecule has 4 nitrogen and oxygen atoms in total. The van der Waals surface area contributed by atoms with Crippen molar-refractivity contribution in [1.29, 1.82) is 0 Å². The van der Waals surface area contributed by atoms with Crippen LogP contribution in [0.1, 0.15) is 33.6 Å². The van der Waals surface area contributed by atoms with Crippen LogP contribution in [-0.4, -0.2) is 48.3 Å². The van der Waals surface area contributed by atoms with Crippen LogP contribution in [0.2, 0.25) is 0 Å². The Kier molecular flexibility index (Phi) is 4.74. The van der Waals surface area contributed by atoms with Crippen LogP contribution < -0.4 is 0 Å². The lowest BCUT2D eigenvalue weighted by Crippen LogP contribution is -2.48. The Balaban J connectivity index is 4.73. The van der Waals surface area contributed by atoms with Crippen LogP contribution in [0, 0.1) is 0 Å². The van der Waals surface area contributed by atoms with E-state index < -0.39 is 5.97 Å². The third-order valence-corrected chi connectivity index (χ3v) is 2.97. The Hall–Kier alpha value is -0.610. The van der Waals surface area contributed by atoms with E-state index in [-0.39, 0.29) is 17.6 Å². The van der Waals surface area contributed by atoms with Crippen molar-refractivity contribution < 1.29 is 14.6 Å². The molecule has 15 heavy (non-hydrogen) atoms. The fourth-order valence-electron chi connectivity index (χ4n) is 1.69. The third-order valence-electron chi connectivity index (χ3n) is 2.97. The van der Waals surface area contributed by atoms with Gasteiger partial charge in [-0.05, 0) is 41.3 Å². The summed E-state index contributed by atoms with van der Waals surface area (Å²) >= 11 is 0. The Morgan fingerprint density at radius 1 is 1.33 bits per heavy atom. The third kappa shape index (κ3) is 4.62. The summed E-state index contributed by atoms with van der Waals surface area (Å²) in [4.78, 5) is 12.8. The topological polar surface area (TPSA) is 49.8 Å². The van der Waals surface area contributed by atoms with Crippen molar-refractivity contribution in [2.75, 3.05) is 21.2 Å². The van der Waals surface area contributed by atoms with Gasteiger partial charge in [0, 0.05) is 12.6 Å². The van der Waals surface area contributed by atoms with Crippen LogP contribution in [0.4, 0.5) is 0 Å². The number of hydrogen-bond acceptors (Lipinski definition) is 3. The van der Waals surface area contributed by atoms with Gasteiger partial charge in [0.15, 0.2) is 0 Å². The lowest BCUT2D eigenvalue weighted by molar-refractivity contribution is -0.141. The summed E-state index contributed by atoms with van der Waals surface area (Å²) in [5, 5.41) is 8.90. The Morgan fingerprint density at radius 3 is 2.07 bits per heavy atom. The second kappa shape index (κ2) is 4.94. The van der Waals surface area contributed by atoms with Gasteiger partial charge in [0.05, 0.1) is 12.0 Å². The van der Waals surface area contributed by atoms with Gasteiger partial charge in [0.1, 0.15) is 0 Å². The normalized spacial score (nSPS) is 16.5. The summed E-state index contributed by atoms with van der Waals surface area (Å²) in [5.74, 6) is -0.780. The van der Waals surface area contributed by atoms with Gasteiger partial charge in [0.25, 0.3) is 0 Å². The number of ether oxygens (including phenoxy) is 1. The van der Waals surface area contributed by atoms with E-state index in [2.05, 4.69) is 0 Å². The molecule has 4 heteroatoms. The zero-order valence-corrected chi connectivity index (χ0v) is 10.6. The first kappa shape index (κ1) is 14.4. The minimum Gasteiger partial charge on any atom is -0.481 e. The van der Waals surface area contributed by atoms with Gasteiger partial charge < -0.3 is 14.7 Å². The van der Waals surface area contributed by atoms with Crippen molar-refractivity contribution in [2.24, 2.45) is 0 Å². The molecule has 1 N–H and O–H groups in total. The highest BCUT2D eigenvalue weighted by Gasteiger charge is 2.36. The highest BCUT2D eigenvalue weighted by molar-refractivity contribution is 5.68. The van der Waals surface area contributed by atoms with Crippen molar-refractivity contribution in [3.05, 3.63) is 0 Å². The van der Waals surface area contributed by atoms with E-state index in [9.17, 15) is 4.79 Å². The quantitative estimate of drug-likeness (QED) is 0.734. The fourth-order valence-corrected chi connectivity index (χ4v) is 1.69. The van der Waals surface area contributed by atoms with Crippen LogP contribution in [0.3, 0.4) is 0 Å². The average Bonchev–Trinajstić information content (AvgIpc) is 2.01. The number of rotatable bonds is 6. The minimum absolute atomic E-state index is 0.118. The van der Waals surface area contributed by atoms with Gasteiger partial charge in [-0.1, -0.05) is 0 Å². The highest BCUT2D eigenvalue weighted by Crippen LogP contribution is 2.29. The first-order valence-corrected chi connectivity index (χ1v) is 5.07. The highest BCUT2D eigenvalue weighted by atomic mass is 16.5. The molecule has 0 aliphatic rings. The molecule has 0 aromatic carbocycles. The first-order chi connectivity index (χ1) is 6.63. The molecule has 0 heterocycles. The largest absolute Gasteiger partial charge is 0.481 e. The van der Waals surface area contributed by atoms with Crippen LogP contribution in [-0.2, 0) is 9.53 Å². The SMILES string of the molecule is COC(C)(C)CC(C)(CC(=O)O)N(C)C. The van der Waals surface area contributed by atoms with E-state index in [1.54, 1.807) is 7.11 Å². The molecule has 0 saturated heterocycles. The Labute approximate surface area is 92.2 Å². The van der Waals surface area contributed by atoms with Crippen LogP contribution in [0.15, 0.2) is 0 Å². The summed E-state index contributed by atoms with van der Waals surface area (Å²) < 4.78 is 5.35. The number of nitrogens with zero attached hydrogens (tertiary/aromatic N) is 1. The molecular formula is C11H23NO3. The number of carboxylic acid groups (broad SMARTS) is 1. The molecule has 0 rings (SSSR count). The fraction of sp³-hybridized carbons (Fsp3) is 0.909. The summed E-state index contributed by atoms with van der Waals surface area (Å²) in [5.41, 5.74) is -0.695. The van der Waals surface area contributed by atoms with E-state index >= 15 is 0 Å². The van der Waals surface area contributed by atoms with Crippen LogP contribution >= 0.6 is 0 Å². The molecule has 0 aliphatic carbocycles. The van der Waals surface area contributed by atoms with Crippen molar-refractivity contribution in [3.8, 4) is 0 Å². The number of carbonyl (C=O) groups is 1. The number of methoxy groups -OCH3 is 1. The summed E-state index contributed by atoms with van der Waals surface area (Å²) in [6.45, 7) is 5.88. The smallest absolute Gasteiger partial charge is 0.305 e. The van der Waals surface area contributed by atoms with Crippen molar-refractivity contribution in [2.45, 2.75) is 44.8 Å². The average molecular weight is 217 g/mol. The van der Waals surface area contributed by atoms with Gasteiger partial charge in [-0.25, -0.2) is 0 Å².